The molecular formula is C15H18N2O. The number of rotatable bonds is 2. The Morgan fingerprint density at radius 1 is 1.28 bits per heavy atom. The van der Waals surface area contributed by atoms with Gasteiger partial charge in [-0.3, -0.25) is 0 Å². The highest BCUT2D eigenvalue weighted by molar-refractivity contribution is 5.80. The molecule has 18 heavy (non-hydrogen) atoms. The van der Waals surface area contributed by atoms with E-state index in [1.807, 2.05) is 12.1 Å². The monoisotopic (exact) mass is 242 g/mol. The van der Waals surface area contributed by atoms with Gasteiger partial charge in [0, 0.05) is 17.0 Å². The van der Waals surface area contributed by atoms with Crippen LogP contribution in [0.25, 0.3) is 10.9 Å². The molecule has 0 spiro atoms. The van der Waals surface area contributed by atoms with Crippen LogP contribution >= 0.6 is 0 Å². The predicted octanol–water partition coefficient (Wildman–Crippen LogP) is 3.06. The molecule has 94 valence electrons. The minimum absolute atomic E-state index is 0.380. The summed E-state index contributed by atoms with van der Waals surface area (Å²) in [5.74, 6) is 0.758. The minimum atomic E-state index is 0.380. The summed E-state index contributed by atoms with van der Waals surface area (Å²) in [5.41, 5.74) is 2.19. The van der Waals surface area contributed by atoms with Gasteiger partial charge in [0.05, 0.1) is 12.6 Å². The summed E-state index contributed by atoms with van der Waals surface area (Å²) in [6.07, 6.45) is 3.70. The molecule has 1 aliphatic rings. The second-order valence-corrected chi connectivity index (χ2v) is 4.78. The molecular weight excluding hydrogens is 224 g/mol. The molecule has 1 atom stereocenters. The number of pyridine rings is 1. The van der Waals surface area contributed by atoms with Crippen LogP contribution in [-0.4, -0.2) is 18.6 Å². The zero-order valence-electron chi connectivity index (χ0n) is 10.6. The Hall–Kier alpha value is -1.61. The molecule has 2 heterocycles. The molecule has 0 saturated carbocycles. The second kappa shape index (κ2) is 4.94. The van der Waals surface area contributed by atoms with Gasteiger partial charge in [0.15, 0.2) is 0 Å². The lowest BCUT2D eigenvalue weighted by Gasteiger charge is -2.25. The average molecular weight is 242 g/mol. The van der Waals surface area contributed by atoms with Gasteiger partial charge < -0.3 is 10.1 Å². The van der Waals surface area contributed by atoms with Crippen LogP contribution in [0.15, 0.2) is 30.3 Å². The standard InChI is InChI=1S/C15H18N2O/c1-18-15-12(14-8-4-5-9-16-14)10-11-6-2-3-7-13(11)17-15/h2-3,6-7,10,14,16H,4-5,8-9H2,1H3. The molecule has 0 aliphatic carbocycles. The smallest absolute Gasteiger partial charge is 0.218 e. The van der Waals surface area contributed by atoms with E-state index in [0.717, 1.165) is 24.4 Å². The van der Waals surface area contributed by atoms with Gasteiger partial charge in [-0.2, -0.15) is 0 Å². The van der Waals surface area contributed by atoms with Crippen LogP contribution in [0.1, 0.15) is 30.9 Å². The van der Waals surface area contributed by atoms with E-state index in [1.54, 1.807) is 7.11 Å². The largest absolute Gasteiger partial charge is 0.481 e. The fourth-order valence-electron chi connectivity index (χ4n) is 2.65. The highest BCUT2D eigenvalue weighted by Crippen LogP contribution is 2.31. The summed E-state index contributed by atoms with van der Waals surface area (Å²) < 4.78 is 5.46. The molecule has 1 fully saturated rings. The lowest BCUT2D eigenvalue weighted by molar-refractivity contribution is 0.364. The first-order chi connectivity index (χ1) is 8.88. The summed E-state index contributed by atoms with van der Waals surface area (Å²) in [5, 5.41) is 4.74. The molecule has 0 bridgehead atoms. The van der Waals surface area contributed by atoms with Gasteiger partial charge in [-0.1, -0.05) is 24.6 Å². The normalized spacial score (nSPS) is 19.9. The van der Waals surface area contributed by atoms with Crippen LogP contribution in [0, 0.1) is 0 Å². The maximum atomic E-state index is 5.46. The number of hydrogen-bond acceptors (Lipinski definition) is 3. The Balaban J connectivity index is 2.08. The Labute approximate surface area is 107 Å². The van der Waals surface area contributed by atoms with E-state index in [1.165, 1.54) is 23.8 Å². The van der Waals surface area contributed by atoms with Crippen molar-refractivity contribution >= 4 is 10.9 Å². The van der Waals surface area contributed by atoms with Crippen molar-refractivity contribution in [2.75, 3.05) is 13.7 Å². The first-order valence-corrected chi connectivity index (χ1v) is 6.55. The van der Waals surface area contributed by atoms with Crippen LogP contribution in [0.5, 0.6) is 5.88 Å². The number of hydrogen-bond donors (Lipinski definition) is 1. The van der Waals surface area contributed by atoms with E-state index >= 15 is 0 Å². The molecule has 1 N–H and O–H groups in total. The summed E-state index contributed by atoms with van der Waals surface area (Å²) >= 11 is 0. The van der Waals surface area contributed by atoms with Gasteiger partial charge in [0.1, 0.15) is 0 Å². The lowest BCUT2D eigenvalue weighted by Crippen LogP contribution is -2.27. The zero-order chi connectivity index (χ0) is 12.4. The van der Waals surface area contributed by atoms with Crippen LogP contribution < -0.4 is 10.1 Å². The fraction of sp³-hybridized carbons (Fsp3) is 0.400. The SMILES string of the molecule is COc1nc2ccccc2cc1C1CCCCN1. The number of benzene rings is 1. The van der Waals surface area contributed by atoms with E-state index < -0.39 is 0 Å². The molecule has 1 aromatic carbocycles. The summed E-state index contributed by atoms with van der Waals surface area (Å²) in [6, 6.07) is 10.8. The van der Waals surface area contributed by atoms with Crippen molar-refractivity contribution < 1.29 is 4.74 Å². The third kappa shape index (κ3) is 2.06. The molecule has 1 saturated heterocycles. The molecule has 0 radical (unpaired) electrons. The van der Waals surface area contributed by atoms with E-state index in [4.69, 9.17) is 4.74 Å². The summed E-state index contributed by atoms with van der Waals surface area (Å²) in [6.45, 7) is 1.08. The molecule has 3 rings (SSSR count). The van der Waals surface area contributed by atoms with E-state index in [2.05, 4.69) is 28.5 Å². The van der Waals surface area contributed by atoms with Crippen molar-refractivity contribution in [2.24, 2.45) is 0 Å². The van der Waals surface area contributed by atoms with Crippen molar-refractivity contribution in [1.82, 2.24) is 10.3 Å². The average Bonchev–Trinajstić information content (AvgIpc) is 2.46. The molecule has 2 aromatic rings. The number of methoxy groups -OCH3 is 1. The number of nitrogens with one attached hydrogen (secondary N) is 1. The highest BCUT2D eigenvalue weighted by Gasteiger charge is 2.19. The third-order valence-electron chi connectivity index (χ3n) is 3.60. The van der Waals surface area contributed by atoms with E-state index in [-0.39, 0.29) is 0 Å². The maximum Gasteiger partial charge on any atom is 0.218 e. The lowest BCUT2D eigenvalue weighted by atomic mass is 9.97. The Kier molecular flexibility index (Phi) is 3.15. The van der Waals surface area contributed by atoms with Gasteiger partial charge >= 0.3 is 0 Å². The number of nitrogens with zero attached hydrogens (tertiary/aromatic N) is 1. The quantitative estimate of drug-likeness (QED) is 0.878. The van der Waals surface area contributed by atoms with E-state index in [0.29, 0.717) is 6.04 Å². The summed E-state index contributed by atoms with van der Waals surface area (Å²) in [4.78, 5) is 4.61. The first-order valence-electron chi connectivity index (χ1n) is 6.55. The zero-order valence-corrected chi connectivity index (χ0v) is 10.6. The minimum Gasteiger partial charge on any atom is -0.481 e. The van der Waals surface area contributed by atoms with Gasteiger partial charge in [-0.15, -0.1) is 0 Å². The van der Waals surface area contributed by atoms with Crippen LogP contribution in [0.2, 0.25) is 0 Å². The number of ether oxygens (including phenoxy) is 1. The first kappa shape index (κ1) is 11.5. The third-order valence-corrected chi connectivity index (χ3v) is 3.60. The molecule has 0 amide bonds. The molecule has 1 aliphatic heterocycles. The van der Waals surface area contributed by atoms with Gasteiger partial charge in [0.2, 0.25) is 5.88 Å². The second-order valence-electron chi connectivity index (χ2n) is 4.78. The van der Waals surface area contributed by atoms with Crippen molar-refractivity contribution in [3.05, 3.63) is 35.9 Å². The maximum absolute atomic E-state index is 5.46. The number of fused-ring (bicyclic) bond motifs is 1. The Morgan fingerprint density at radius 2 is 2.17 bits per heavy atom. The van der Waals surface area contributed by atoms with E-state index in [9.17, 15) is 0 Å². The van der Waals surface area contributed by atoms with Gasteiger partial charge in [-0.05, 0) is 31.5 Å². The van der Waals surface area contributed by atoms with Gasteiger partial charge in [-0.25, -0.2) is 4.98 Å². The van der Waals surface area contributed by atoms with Crippen molar-refractivity contribution in [2.45, 2.75) is 25.3 Å². The Morgan fingerprint density at radius 3 is 2.94 bits per heavy atom. The molecule has 1 unspecified atom stereocenters. The number of aromatic nitrogens is 1. The molecule has 3 heteroatoms. The topological polar surface area (TPSA) is 34.1 Å². The van der Waals surface area contributed by atoms with Crippen LogP contribution in [0.3, 0.4) is 0 Å². The summed E-state index contributed by atoms with van der Waals surface area (Å²) in [7, 11) is 1.70. The van der Waals surface area contributed by atoms with Crippen LogP contribution in [-0.2, 0) is 0 Å². The fourth-order valence-corrected chi connectivity index (χ4v) is 2.65. The van der Waals surface area contributed by atoms with Crippen LogP contribution in [0.4, 0.5) is 0 Å². The number of piperidine rings is 1. The van der Waals surface area contributed by atoms with Crippen molar-refractivity contribution in [3.8, 4) is 5.88 Å². The van der Waals surface area contributed by atoms with Crippen molar-refractivity contribution in [3.63, 3.8) is 0 Å². The van der Waals surface area contributed by atoms with Gasteiger partial charge in [0.25, 0.3) is 0 Å². The number of para-hydroxylation sites is 1. The van der Waals surface area contributed by atoms with Crippen molar-refractivity contribution in [1.29, 1.82) is 0 Å². The highest BCUT2D eigenvalue weighted by atomic mass is 16.5. The molecule has 3 nitrogen and oxygen atoms in total. The Bertz CT molecular complexity index is 547. The molecule has 1 aromatic heterocycles. The predicted molar refractivity (Wildman–Crippen MR) is 72.9 cm³/mol.